The van der Waals surface area contributed by atoms with Crippen LogP contribution in [0.1, 0.15) is 6.92 Å². The van der Waals surface area contributed by atoms with Gasteiger partial charge < -0.3 is 80.1 Å². The van der Waals surface area contributed by atoms with Crippen molar-refractivity contribution in [2.75, 3.05) is 19.8 Å². The van der Waals surface area contributed by atoms with Crippen LogP contribution in [0.3, 0.4) is 0 Å². The second kappa shape index (κ2) is 14.1. The summed E-state index contributed by atoms with van der Waals surface area (Å²) in [7, 11) is 0. The van der Waals surface area contributed by atoms with Gasteiger partial charge in [0.25, 0.3) is 0 Å². The van der Waals surface area contributed by atoms with E-state index >= 15 is 0 Å². The molecule has 0 aliphatic carbocycles. The van der Waals surface area contributed by atoms with Gasteiger partial charge in [-0.15, -0.1) is 0 Å². The molecule has 0 bridgehead atoms. The fourth-order valence-electron chi connectivity index (χ4n) is 4.00. The third kappa shape index (κ3) is 7.37. The maximum Gasteiger partial charge on any atom is 0.217 e. The Bertz CT molecular complexity index is 730. The predicted molar refractivity (Wildman–Crippen MR) is 114 cm³/mol. The molecule has 0 aromatic carbocycles. The standard InChI is InChI=1S/C20H35NO16/c1-6(26)21-11-15(32)13(30)9(4-24)34-19(11)37-18-14(31)10(5-25)35-20(16(18)33)36-17(8(28)3-23)12(29)7(27)2-22/h2,7-20,23-25,27-33H,3-5H2,1H3,(H,21,26). The lowest BCUT2D eigenvalue weighted by molar-refractivity contribution is -0.359. The van der Waals surface area contributed by atoms with Crippen molar-refractivity contribution in [3.63, 3.8) is 0 Å². The van der Waals surface area contributed by atoms with Crippen LogP contribution in [0, 0.1) is 0 Å². The van der Waals surface area contributed by atoms with Gasteiger partial charge in [-0.05, 0) is 0 Å². The number of hydrogen-bond donors (Lipinski definition) is 11. The Morgan fingerprint density at radius 2 is 1.49 bits per heavy atom. The van der Waals surface area contributed by atoms with Crippen LogP contribution in [-0.2, 0) is 28.5 Å². The normalized spacial score (nSPS) is 39.9. The highest BCUT2D eigenvalue weighted by molar-refractivity contribution is 5.73. The quantitative estimate of drug-likeness (QED) is 0.102. The molecule has 0 aromatic rings. The Morgan fingerprint density at radius 1 is 0.919 bits per heavy atom. The van der Waals surface area contributed by atoms with Crippen LogP contribution < -0.4 is 5.32 Å². The van der Waals surface area contributed by atoms with Crippen molar-refractivity contribution >= 4 is 12.2 Å². The first-order chi connectivity index (χ1) is 17.4. The fourth-order valence-corrected chi connectivity index (χ4v) is 4.00. The molecule has 0 radical (unpaired) electrons. The van der Waals surface area contributed by atoms with Crippen molar-refractivity contribution in [3.8, 4) is 0 Å². The van der Waals surface area contributed by atoms with E-state index in [-0.39, 0.29) is 6.29 Å². The maximum absolute atomic E-state index is 11.6. The van der Waals surface area contributed by atoms with Crippen LogP contribution in [0.5, 0.6) is 0 Å². The zero-order valence-corrected chi connectivity index (χ0v) is 19.7. The lowest BCUT2D eigenvalue weighted by Crippen LogP contribution is -2.68. The van der Waals surface area contributed by atoms with Crippen molar-refractivity contribution in [1.82, 2.24) is 5.32 Å². The molecule has 2 saturated heterocycles. The number of aldehydes is 1. The number of rotatable bonds is 12. The van der Waals surface area contributed by atoms with E-state index in [0.717, 1.165) is 6.92 Å². The molecule has 2 aliphatic rings. The van der Waals surface area contributed by atoms with Gasteiger partial charge >= 0.3 is 0 Å². The summed E-state index contributed by atoms with van der Waals surface area (Å²) < 4.78 is 21.6. The van der Waals surface area contributed by atoms with Gasteiger partial charge in [0.05, 0.1) is 19.8 Å². The Morgan fingerprint density at radius 3 is 2.00 bits per heavy atom. The molecule has 37 heavy (non-hydrogen) atoms. The number of aliphatic hydroxyl groups is 10. The Hall–Kier alpha value is -1.42. The Balaban J connectivity index is 2.33. The molecule has 2 aliphatic heterocycles. The first-order valence-electron chi connectivity index (χ1n) is 11.3. The number of hydrogen-bond acceptors (Lipinski definition) is 16. The first kappa shape index (κ1) is 31.8. The van der Waals surface area contributed by atoms with Crippen molar-refractivity contribution in [1.29, 1.82) is 0 Å². The smallest absolute Gasteiger partial charge is 0.217 e. The van der Waals surface area contributed by atoms with Crippen LogP contribution >= 0.6 is 0 Å². The number of ether oxygens (including phenoxy) is 4. The van der Waals surface area contributed by atoms with Crippen molar-refractivity contribution < 1.29 is 79.6 Å². The van der Waals surface area contributed by atoms with Gasteiger partial charge in [-0.25, -0.2) is 0 Å². The van der Waals surface area contributed by atoms with Gasteiger partial charge in [-0.1, -0.05) is 0 Å². The van der Waals surface area contributed by atoms with E-state index < -0.39 is 111 Å². The molecule has 14 atom stereocenters. The highest BCUT2D eigenvalue weighted by Gasteiger charge is 2.52. The lowest BCUT2D eigenvalue weighted by atomic mass is 9.95. The van der Waals surface area contributed by atoms with Gasteiger partial charge in [0.2, 0.25) is 5.91 Å². The zero-order valence-electron chi connectivity index (χ0n) is 19.7. The maximum atomic E-state index is 11.6. The van der Waals surface area contributed by atoms with E-state index in [1.165, 1.54) is 0 Å². The van der Waals surface area contributed by atoms with Crippen LogP contribution in [-0.4, -0.2) is 169 Å². The molecule has 216 valence electrons. The van der Waals surface area contributed by atoms with Gasteiger partial charge in [-0.3, -0.25) is 4.79 Å². The highest BCUT2D eigenvalue weighted by atomic mass is 16.7. The van der Waals surface area contributed by atoms with Gasteiger partial charge in [-0.2, -0.15) is 0 Å². The van der Waals surface area contributed by atoms with Gasteiger partial charge in [0.1, 0.15) is 73.2 Å². The number of carbonyl (C=O) groups excluding carboxylic acids is 2. The molecule has 0 aromatic heterocycles. The van der Waals surface area contributed by atoms with Crippen molar-refractivity contribution in [2.24, 2.45) is 0 Å². The summed E-state index contributed by atoms with van der Waals surface area (Å²) in [5.74, 6) is -0.679. The number of aliphatic hydroxyl groups excluding tert-OH is 10. The summed E-state index contributed by atoms with van der Waals surface area (Å²) in [6.45, 7) is -1.59. The third-order valence-corrected chi connectivity index (χ3v) is 6.05. The minimum absolute atomic E-state index is 0.0740. The molecule has 14 unspecified atom stereocenters. The van der Waals surface area contributed by atoms with E-state index in [0.29, 0.717) is 0 Å². The first-order valence-corrected chi connectivity index (χ1v) is 11.3. The number of nitrogens with one attached hydrogen (secondary N) is 1. The molecule has 11 N–H and O–H groups in total. The molecule has 2 rings (SSSR count). The van der Waals surface area contributed by atoms with E-state index in [2.05, 4.69) is 5.32 Å². The molecule has 17 heteroatoms. The van der Waals surface area contributed by atoms with E-state index in [9.17, 15) is 60.7 Å². The van der Waals surface area contributed by atoms with Gasteiger partial charge in [0.15, 0.2) is 18.9 Å². The third-order valence-electron chi connectivity index (χ3n) is 6.05. The number of carbonyl (C=O) groups is 2. The SMILES string of the molecule is CC(=O)NC1C(OC2C(O)C(CO)OC(OC(C(O)CO)C(O)C(O)C=O)C2O)OC(CO)C(O)C1O. The molecule has 2 fully saturated rings. The molecule has 0 spiro atoms. The fraction of sp³-hybridized carbons (Fsp3) is 0.900. The summed E-state index contributed by atoms with van der Waals surface area (Å²) in [5.41, 5.74) is 0. The second-order valence-electron chi connectivity index (χ2n) is 8.71. The second-order valence-corrected chi connectivity index (χ2v) is 8.71. The Labute approximate surface area is 210 Å². The minimum atomic E-state index is -2.11. The van der Waals surface area contributed by atoms with Crippen LogP contribution in [0.15, 0.2) is 0 Å². The highest BCUT2D eigenvalue weighted by Crippen LogP contribution is 2.30. The topological polar surface area (TPSA) is 285 Å². The Kier molecular flexibility index (Phi) is 12.1. The van der Waals surface area contributed by atoms with Crippen LogP contribution in [0.2, 0.25) is 0 Å². The van der Waals surface area contributed by atoms with Crippen molar-refractivity contribution in [3.05, 3.63) is 0 Å². The summed E-state index contributed by atoms with van der Waals surface area (Å²) in [5, 5.41) is 103. The van der Waals surface area contributed by atoms with Crippen LogP contribution in [0.25, 0.3) is 0 Å². The van der Waals surface area contributed by atoms with E-state index in [1.807, 2.05) is 0 Å². The van der Waals surface area contributed by atoms with Crippen LogP contribution in [0.4, 0.5) is 0 Å². The average molecular weight is 545 g/mol. The molecule has 17 nitrogen and oxygen atoms in total. The molecular formula is C20H35NO16. The summed E-state index contributed by atoms with van der Waals surface area (Å²) >= 11 is 0. The molecular weight excluding hydrogens is 510 g/mol. The number of amides is 1. The summed E-state index contributed by atoms with van der Waals surface area (Å²) in [6, 6.07) is -1.46. The van der Waals surface area contributed by atoms with E-state index in [1.54, 1.807) is 0 Å². The molecule has 0 saturated carbocycles. The average Bonchev–Trinajstić information content (AvgIpc) is 2.88. The lowest BCUT2D eigenvalue weighted by Gasteiger charge is -2.47. The predicted octanol–water partition coefficient (Wildman–Crippen LogP) is -7.59. The van der Waals surface area contributed by atoms with Gasteiger partial charge in [0, 0.05) is 6.92 Å². The summed E-state index contributed by atoms with van der Waals surface area (Å²) in [4.78, 5) is 22.5. The minimum Gasteiger partial charge on any atom is -0.394 e. The van der Waals surface area contributed by atoms with E-state index in [4.69, 9.17) is 18.9 Å². The zero-order chi connectivity index (χ0) is 28.0. The molecule has 1 amide bonds. The monoisotopic (exact) mass is 545 g/mol. The van der Waals surface area contributed by atoms with Crippen molar-refractivity contribution in [2.45, 2.75) is 92.7 Å². The largest absolute Gasteiger partial charge is 0.394 e. The summed E-state index contributed by atoms with van der Waals surface area (Å²) in [6.07, 6.45) is -23.6. The molecule has 2 heterocycles.